The first-order chi connectivity index (χ1) is 5.75. The van der Waals surface area contributed by atoms with Gasteiger partial charge in [-0.3, -0.25) is 8.60 Å². The van der Waals surface area contributed by atoms with Gasteiger partial charge in [0.25, 0.3) is 0 Å². The summed E-state index contributed by atoms with van der Waals surface area (Å²) in [6, 6.07) is 3.24. The Bertz CT molecular complexity index is 292. The van der Waals surface area contributed by atoms with Crippen LogP contribution in [0.15, 0.2) is 23.4 Å². The summed E-state index contributed by atoms with van der Waals surface area (Å²) >= 11 is 0. The number of alkyl halides is 1. The number of anilines is 1. The van der Waals surface area contributed by atoms with Crippen molar-refractivity contribution in [1.29, 1.82) is 0 Å². The van der Waals surface area contributed by atoms with Crippen molar-refractivity contribution in [2.75, 3.05) is 18.2 Å². The minimum atomic E-state index is -1.41. The summed E-state index contributed by atoms with van der Waals surface area (Å²) in [5.41, 5.74) is 5.82. The van der Waals surface area contributed by atoms with E-state index in [9.17, 15) is 8.60 Å². The lowest BCUT2D eigenvalue weighted by Crippen LogP contribution is -2.05. The number of halogens is 1. The van der Waals surface area contributed by atoms with Gasteiger partial charge in [-0.15, -0.1) is 0 Å². The molecule has 0 aliphatic heterocycles. The van der Waals surface area contributed by atoms with Crippen LogP contribution in [0.3, 0.4) is 0 Å². The fourth-order valence-corrected chi connectivity index (χ4v) is 1.60. The third-order valence-electron chi connectivity index (χ3n) is 1.28. The second-order valence-electron chi connectivity index (χ2n) is 2.14. The average Bonchev–Trinajstić information content (AvgIpc) is 2.05. The van der Waals surface area contributed by atoms with E-state index in [1.807, 2.05) is 0 Å². The van der Waals surface area contributed by atoms with Crippen molar-refractivity contribution in [3.8, 4) is 0 Å². The molecule has 1 aromatic rings. The first kappa shape index (κ1) is 9.12. The van der Waals surface area contributed by atoms with Gasteiger partial charge >= 0.3 is 0 Å². The van der Waals surface area contributed by atoms with E-state index in [4.69, 9.17) is 5.73 Å². The monoisotopic (exact) mass is 188 g/mol. The van der Waals surface area contributed by atoms with Crippen molar-refractivity contribution in [2.24, 2.45) is 0 Å². The minimum Gasteiger partial charge on any atom is -0.396 e. The highest BCUT2D eigenvalue weighted by molar-refractivity contribution is 7.85. The summed E-state index contributed by atoms with van der Waals surface area (Å²) in [5, 5.41) is 0.273. The zero-order chi connectivity index (χ0) is 8.97. The number of rotatable bonds is 3. The van der Waals surface area contributed by atoms with Gasteiger partial charge in [0, 0.05) is 6.20 Å². The van der Waals surface area contributed by atoms with Gasteiger partial charge in [-0.05, 0) is 12.1 Å². The molecule has 0 saturated carbocycles. The zero-order valence-electron chi connectivity index (χ0n) is 6.37. The molecule has 0 amide bonds. The molecule has 0 bridgehead atoms. The number of aromatic nitrogens is 1. The van der Waals surface area contributed by atoms with Gasteiger partial charge in [0.05, 0.1) is 22.2 Å². The molecule has 0 fully saturated rings. The zero-order valence-corrected chi connectivity index (χ0v) is 7.18. The van der Waals surface area contributed by atoms with Gasteiger partial charge < -0.3 is 5.73 Å². The van der Waals surface area contributed by atoms with E-state index in [-0.39, 0.29) is 10.8 Å². The molecule has 3 nitrogen and oxygen atoms in total. The second kappa shape index (κ2) is 4.15. The van der Waals surface area contributed by atoms with Crippen molar-refractivity contribution in [3.63, 3.8) is 0 Å². The third kappa shape index (κ3) is 2.01. The Hall–Kier alpha value is -0.970. The molecule has 1 aromatic heterocycles. The van der Waals surface area contributed by atoms with E-state index in [0.29, 0.717) is 5.69 Å². The van der Waals surface area contributed by atoms with Gasteiger partial charge in [-0.25, -0.2) is 4.98 Å². The van der Waals surface area contributed by atoms with Gasteiger partial charge in [0.1, 0.15) is 11.7 Å². The Kier molecular flexibility index (Phi) is 3.16. The molecule has 0 aliphatic carbocycles. The maximum absolute atomic E-state index is 11.8. The van der Waals surface area contributed by atoms with E-state index < -0.39 is 17.5 Å². The molecule has 5 heteroatoms. The Morgan fingerprint density at radius 2 is 2.42 bits per heavy atom. The lowest BCUT2D eigenvalue weighted by atomic mass is 10.4. The fraction of sp³-hybridized carbons (Fsp3) is 0.286. The summed E-state index contributed by atoms with van der Waals surface area (Å²) in [5.74, 6) is -0.0405. The normalized spacial score (nSPS) is 12.8. The highest BCUT2D eigenvalue weighted by Crippen LogP contribution is 2.11. The quantitative estimate of drug-likeness (QED) is 0.761. The van der Waals surface area contributed by atoms with Crippen molar-refractivity contribution in [1.82, 2.24) is 4.98 Å². The lowest BCUT2D eigenvalue weighted by molar-refractivity contribution is 0.528. The summed E-state index contributed by atoms with van der Waals surface area (Å²) < 4.78 is 23.0. The van der Waals surface area contributed by atoms with Crippen LogP contribution in [0.1, 0.15) is 0 Å². The molecular formula is C7H9FN2OS. The van der Waals surface area contributed by atoms with Crippen LogP contribution in [0.4, 0.5) is 10.1 Å². The molecule has 1 heterocycles. The summed E-state index contributed by atoms with van der Waals surface area (Å²) in [7, 11) is -1.41. The highest BCUT2D eigenvalue weighted by atomic mass is 32.2. The number of pyridine rings is 1. The van der Waals surface area contributed by atoms with Crippen molar-refractivity contribution >= 4 is 16.5 Å². The SMILES string of the molecule is Nc1cccnc1S(=O)CCF. The Balaban J connectivity index is 2.87. The fourth-order valence-electron chi connectivity index (χ4n) is 0.760. The minimum absolute atomic E-state index is 0.0405. The maximum atomic E-state index is 11.8. The van der Waals surface area contributed by atoms with Crippen LogP contribution in [-0.4, -0.2) is 21.6 Å². The lowest BCUT2D eigenvalue weighted by Gasteiger charge is -2.00. The molecule has 0 aromatic carbocycles. The molecule has 2 N–H and O–H groups in total. The Labute approximate surface area is 72.3 Å². The molecule has 12 heavy (non-hydrogen) atoms. The number of hydrogen-bond acceptors (Lipinski definition) is 3. The molecule has 1 unspecified atom stereocenters. The highest BCUT2D eigenvalue weighted by Gasteiger charge is 2.07. The topological polar surface area (TPSA) is 56.0 Å². The van der Waals surface area contributed by atoms with E-state index in [1.54, 1.807) is 12.1 Å². The van der Waals surface area contributed by atoms with Crippen molar-refractivity contribution < 1.29 is 8.60 Å². The number of nitrogens with two attached hydrogens (primary N) is 1. The molecule has 0 radical (unpaired) electrons. The van der Waals surface area contributed by atoms with E-state index >= 15 is 0 Å². The molecule has 1 atom stereocenters. The van der Waals surface area contributed by atoms with Crippen LogP contribution < -0.4 is 5.73 Å². The first-order valence-electron chi connectivity index (χ1n) is 3.40. The van der Waals surface area contributed by atoms with Gasteiger partial charge in [-0.1, -0.05) is 0 Å². The van der Waals surface area contributed by atoms with Gasteiger partial charge in [0.15, 0.2) is 0 Å². The largest absolute Gasteiger partial charge is 0.396 e. The molecule has 0 aliphatic rings. The Morgan fingerprint density at radius 1 is 1.67 bits per heavy atom. The van der Waals surface area contributed by atoms with Crippen LogP contribution in [0, 0.1) is 0 Å². The number of hydrogen-bond donors (Lipinski definition) is 1. The van der Waals surface area contributed by atoms with Crippen LogP contribution in [0.5, 0.6) is 0 Å². The predicted molar refractivity (Wildman–Crippen MR) is 45.9 cm³/mol. The molecule has 66 valence electrons. The number of nitrogen functional groups attached to an aromatic ring is 1. The number of nitrogens with zero attached hydrogens (tertiary/aromatic N) is 1. The van der Waals surface area contributed by atoms with E-state index in [2.05, 4.69) is 4.98 Å². The van der Waals surface area contributed by atoms with Crippen molar-refractivity contribution in [2.45, 2.75) is 5.03 Å². The van der Waals surface area contributed by atoms with Crippen LogP contribution in [-0.2, 0) is 10.8 Å². The van der Waals surface area contributed by atoms with Crippen LogP contribution >= 0.6 is 0 Å². The smallest absolute Gasteiger partial charge is 0.150 e. The molecular weight excluding hydrogens is 179 g/mol. The summed E-state index contributed by atoms with van der Waals surface area (Å²) in [6.45, 7) is -0.622. The van der Waals surface area contributed by atoms with Crippen molar-refractivity contribution in [3.05, 3.63) is 18.3 Å². The Morgan fingerprint density at radius 3 is 3.00 bits per heavy atom. The van der Waals surface area contributed by atoms with Gasteiger partial charge in [-0.2, -0.15) is 0 Å². The third-order valence-corrected chi connectivity index (χ3v) is 2.58. The van der Waals surface area contributed by atoms with Gasteiger partial charge in [0.2, 0.25) is 0 Å². The summed E-state index contributed by atoms with van der Waals surface area (Å²) in [6.07, 6.45) is 1.49. The van der Waals surface area contributed by atoms with Crippen LogP contribution in [0.2, 0.25) is 0 Å². The first-order valence-corrected chi connectivity index (χ1v) is 4.72. The summed E-state index contributed by atoms with van der Waals surface area (Å²) in [4.78, 5) is 3.80. The molecule has 0 saturated heterocycles. The molecule has 0 spiro atoms. The van der Waals surface area contributed by atoms with E-state index in [1.165, 1.54) is 6.20 Å². The predicted octanol–water partition coefficient (Wildman–Crippen LogP) is 0.741. The van der Waals surface area contributed by atoms with E-state index in [0.717, 1.165) is 0 Å². The maximum Gasteiger partial charge on any atom is 0.150 e. The molecule has 1 rings (SSSR count). The standard InChI is InChI=1S/C7H9FN2OS/c8-3-5-12(11)7-6(9)2-1-4-10-7/h1-2,4H,3,5,9H2. The van der Waals surface area contributed by atoms with Crippen LogP contribution in [0.25, 0.3) is 0 Å². The average molecular weight is 188 g/mol. The second-order valence-corrected chi connectivity index (χ2v) is 3.62.